The van der Waals surface area contributed by atoms with Gasteiger partial charge in [0.25, 0.3) is 0 Å². The van der Waals surface area contributed by atoms with Gasteiger partial charge in [-0.2, -0.15) is 2.90 Å². The lowest BCUT2D eigenvalue weighted by Gasteiger charge is -1.94. The first-order valence-corrected chi connectivity index (χ1v) is 4.38. The fraction of sp³-hybridized carbons (Fsp3) is 0.333. The molecule has 0 aromatic carbocycles. The van der Waals surface area contributed by atoms with Crippen molar-refractivity contribution < 1.29 is 0 Å². The van der Waals surface area contributed by atoms with Crippen LogP contribution >= 0.6 is 22.9 Å². The number of fused-ring (bicyclic) bond motifs is 1. The second kappa shape index (κ2) is 2.61. The van der Waals surface area contributed by atoms with Crippen LogP contribution in [0.2, 0.25) is 0 Å². The molecule has 5 nitrogen and oxygen atoms in total. The SMILES string of the molecule is Cc1nc(C)c2nnn(I)c2n1. The van der Waals surface area contributed by atoms with Crippen molar-refractivity contribution in [3.63, 3.8) is 0 Å². The number of hydrogen-bond donors (Lipinski definition) is 0. The largest absolute Gasteiger partial charge is 0.236 e. The van der Waals surface area contributed by atoms with E-state index in [1.807, 2.05) is 36.7 Å². The molecule has 2 rings (SSSR count). The van der Waals surface area contributed by atoms with Crippen molar-refractivity contribution >= 4 is 34.0 Å². The van der Waals surface area contributed by atoms with Crippen LogP contribution in [0.15, 0.2) is 0 Å². The molecule has 0 radical (unpaired) electrons. The minimum absolute atomic E-state index is 0.750. The van der Waals surface area contributed by atoms with Crippen LogP contribution in [0.3, 0.4) is 0 Å². The Morgan fingerprint density at radius 1 is 1.25 bits per heavy atom. The lowest BCUT2D eigenvalue weighted by molar-refractivity contribution is 0.931. The zero-order valence-corrected chi connectivity index (χ0v) is 8.77. The molecule has 62 valence electrons. The lowest BCUT2D eigenvalue weighted by atomic mass is 10.4. The molecule has 2 aromatic heterocycles. The monoisotopic (exact) mass is 275 g/mol. The number of nitrogens with zero attached hydrogens (tertiary/aromatic N) is 5. The van der Waals surface area contributed by atoms with E-state index in [2.05, 4.69) is 20.3 Å². The van der Waals surface area contributed by atoms with E-state index in [9.17, 15) is 0 Å². The van der Waals surface area contributed by atoms with Gasteiger partial charge in [0, 0.05) is 0 Å². The van der Waals surface area contributed by atoms with Crippen molar-refractivity contribution in [2.75, 3.05) is 0 Å². The summed E-state index contributed by atoms with van der Waals surface area (Å²) < 4.78 is 1.62. The second-order valence-electron chi connectivity index (χ2n) is 2.48. The van der Waals surface area contributed by atoms with Gasteiger partial charge in [-0.25, -0.2) is 9.97 Å². The van der Waals surface area contributed by atoms with Crippen LogP contribution in [-0.4, -0.2) is 23.2 Å². The normalized spacial score (nSPS) is 10.9. The quantitative estimate of drug-likeness (QED) is 0.674. The van der Waals surface area contributed by atoms with Gasteiger partial charge in [0.2, 0.25) is 0 Å². The molecule has 0 aliphatic heterocycles. The molecule has 0 spiro atoms. The second-order valence-corrected chi connectivity index (χ2v) is 3.39. The van der Waals surface area contributed by atoms with E-state index in [1.165, 1.54) is 0 Å². The van der Waals surface area contributed by atoms with Crippen LogP contribution in [0.1, 0.15) is 11.5 Å². The average Bonchev–Trinajstić information content (AvgIpc) is 2.33. The third-order valence-electron chi connectivity index (χ3n) is 1.55. The fourth-order valence-electron chi connectivity index (χ4n) is 1.06. The van der Waals surface area contributed by atoms with Gasteiger partial charge in [-0.15, -0.1) is 5.10 Å². The van der Waals surface area contributed by atoms with Crippen molar-refractivity contribution in [3.05, 3.63) is 11.5 Å². The first-order valence-electron chi connectivity index (χ1n) is 3.41. The van der Waals surface area contributed by atoms with Gasteiger partial charge in [0.1, 0.15) is 5.82 Å². The van der Waals surface area contributed by atoms with Gasteiger partial charge in [0.15, 0.2) is 11.2 Å². The number of aryl methyl sites for hydroxylation is 2. The first kappa shape index (κ1) is 7.84. The molecule has 0 aliphatic carbocycles. The van der Waals surface area contributed by atoms with Crippen molar-refractivity contribution in [1.82, 2.24) is 23.2 Å². The number of halogens is 1. The molecule has 0 bridgehead atoms. The first-order chi connectivity index (χ1) is 5.68. The number of hydrogen-bond acceptors (Lipinski definition) is 4. The van der Waals surface area contributed by atoms with E-state index in [-0.39, 0.29) is 0 Å². The Hall–Kier alpha value is -0.790. The van der Waals surface area contributed by atoms with E-state index in [1.54, 1.807) is 2.90 Å². The summed E-state index contributed by atoms with van der Waals surface area (Å²) in [6, 6.07) is 0. The molecule has 0 atom stereocenters. The maximum absolute atomic E-state index is 4.22. The van der Waals surface area contributed by atoms with Crippen LogP contribution in [0.5, 0.6) is 0 Å². The maximum Gasteiger partial charge on any atom is 0.192 e. The molecule has 0 amide bonds. The Bertz CT molecular complexity index is 435. The maximum atomic E-state index is 4.22. The Morgan fingerprint density at radius 3 is 2.75 bits per heavy atom. The molecular weight excluding hydrogens is 269 g/mol. The van der Waals surface area contributed by atoms with E-state index >= 15 is 0 Å². The average molecular weight is 275 g/mol. The Morgan fingerprint density at radius 2 is 2.00 bits per heavy atom. The zero-order chi connectivity index (χ0) is 8.72. The highest BCUT2D eigenvalue weighted by atomic mass is 127. The van der Waals surface area contributed by atoms with E-state index in [0.29, 0.717) is 0 Å². The summed E-state index contributed by atoms with van der Waals surface area (Å²) in [5.41, 5.74) is 2.43. The highest BCUT2D eigenvalue weighted by Gasteiger charge is 2.07. The predicted molar refractivity (Wildman–Crippen MR) is 52.0 cm³/mol. The van der Waals surface area contributed by atoms with Gasteiger partial charge in [-0.3, -0.25) is 0 Å². The molecule has 6 heteroatoms. The van der Waals surface area contributed by atoms with Crippen LogP contribution in [-0.2, 0) is 0 Å². The van der Waals surface area contributed by atoms with Gasteiger partial charge in [-0.1, -0.05) is 5.21 Å². The van der Waals surface area contributed by atoms with Crippen molar-refractivity contribution in [1.29, 1.82) is 0 Å². The Kier molecular flexibility index (Phi) is 1.71. The zero-order valence-electron chi connectivity index (χ0n) is 6.61. The van der Waals surface area contributed by atoms with E-state index < -0.39 is 0 Å². The van der Waals surface area contributed by atoms with Crippen LogP contribution in [0, 0.1) is 13.8 Å². The molecule has 0 saturated carbocycles. The molecular formula is C6H6IN5. The third-order valence-corrected chi connectivity index (χ3v) is 2.20. The minimum atomic E-state index is 0.750. The van der Waals surface area contributed by atoms with Crippen LogP contribution < -0.4 is 0 Å². The van der Waals surface area contributed by atoms with E-state index in [4.69, 9.17) is 0 Å². The summed E-state index contributed by atoms with van der Waals surface area (Å²) in [6.07, 6.45) is 0. The number of aromatic nitrogens is 5. The summed E-state index contributed by atoms with van der Waals surface area (Å²) in [6.45, 7) is 3.76. The lowest BCUT2D eigenvalue weighted by Crippen LogP contribution is -1.93. The van der Waals surface area contributed by atoms with Crippen molar-refractivity contribution in [2.45, 2.75) is 13.8 Å². The van der Waals surface area contributed by atoms with Gasteiger partial charge in [-0.05, 0) is 13.8 Å². The highest BCUT2D eigenvalue weighted by molar-refractivity contribution is 14.1. The number of rotatable bonds is 0. The summed E-state index contributed by atoms with van der Waals surface area (Å²) in [4.78, 5) is 8.40. The van der Waals surface area contributed by atoms with E-state index in [0.717, 1.165) is 22.7 Å². The minimum Gasteiger partial charge on any atom is -0.236 e. The topological polar surface area (TPSA) is 56.5 Å². The molecule has 0 N–H and O–H groups in total. The van der Waals surface area contributed by atoms with Gasteiger partial charge >= 0.3 is 0 Å². The Balaban J connectivity index is 2.92. The van der Waals surface area contributed by atoms with Crippen LogP contribution in [0.25, 0.3) is 11.2 Å². The van der Waals surface area contributed by atoms with Crippen LogP contribution in [0.4, 0.5) is 0 Å². The summed E-state index contributed by atoms with van der Waals surface area (Å²) >= 11 is 2.04. The summed E-state index contributed by atoms with van der Waals surface area (Å²) in [5, 5.41) is 7.79. The molecule has 0 fully saturated rings. The standard InChI is InChI=1S/C6H6IN5/c1-3-5-6(9-4(2)8-3)12(7)11-10-5/h1-2H3. The van der Waals surface area contributed by atoms with Crippen molar-refractivity contribution in [2.24, 2.45) is 0 Å². The van der Waals surface area contributed by atoms with Crippen molar-refractivity contribution in [3.8, 4) is 0 Å². The molecule has 0 saturated heterocycles. The predicted octanol–water partition coefficient (Wildman–Crippen LogP) is 1.04. The Labute approximate surface area is 82.7 Å². The van der Waals surface area contributed by atoms with Gasteiger partial charge < -0.3 is 0 Å². The molecule has 0 unspecified atom stereocenters. The molecule has 2 heterocycles. The summed E-state index contributed by atoms with van der Waals surface area (Å²) in [7, 11) is 0. The van der Waals surface area contributed by atoms with Gasteiger partial charge in [0.05, 0.1) is 28.6 Å². The third kappa shape index (κ3) is 1.06. The molecule has 2 aromatic rings. The molecule has 12 heavy (non-hydrogen) atoms. The fourth-order valence-corrected chi connectivity index (χ4v) is 1.49. The smallest absolute Gasteiger partial charge is 0.192 e. The summed E-state index contributed by atoms with van der Waals surface area (Å²) in [5.74, 6) is 0.750. The highest BCUT2D eigenvalue weighted by Crippen LogP contribution is 2.12. The molecule has 0 aliphatic rings.